The van der Waals surface area contributed by atoms with E-state index in [-0.39, 0.29) is 5.91 Å². The quantitative estimate of drug-likeness (QED) is 0.492. The molecule has 9 heteroatoms. The molecular weight excluding hydrogens is 440 g/mol. The van der Waals surface area contributed by atoms with Crippen molar-refractivity contribution in [3.05, 3.63) is 60.8 Å². The van der Waals surface area contributed by atoms with Crippen molar-refractivity contribution in [3.8, 4) is 11.3 Å². The molecule has 1 spiro atoms. The first-order valence-electron chi connectivity index (χ1n) is 11.9. The molecule has 2 aliphatic rings. The minimum atomic E-state index is -0.198. The molecule has 0 radical (unpaired) electrons. The van der Waals surface area contributed by atoms with Gasteiger partial charge in [-0.2, -0.15) is 5.10 Å². The summed E-state index contributed by atoms with van der Waals surface area (Å²) in [6.45, 7) is 4.33. The molecule has 178 valence electrons. The van der Waals surface area contributed by atoms with Crippen molar-refractivity contribution >= 4 is 28.3 Å². The highest BCUT2D eigenvalue weighted by Crippen LogP contribution is 2.41. The number of amides is 1. The van der Waals surface area contributed by atoms with Crippen LogP contribution in [-0.2, 0) is 7.05 Å². The van der Waals surface area contributed by atoms with Crippen LogP contribution in [0.5, 0.6) is 0 Å². The first-order chi connectivity index (χ1) is 17.0. The number of aryl methyl sites for hydroxylation is 1. The van der Waals surface area contributed by atoms with Crippen LogP contribution in [0.15, 0.2) is 55.2 Å². The highest BCUT2D eigenvalue weighted by Gasteiger charge is 2.44. The summed E-state index contributed by atoms with van der Waals surface area (Å²) in [6.07, 6.45) is 11.4. The fraction of sp³-hybridized carbons (Fsp3) is 0.346. The summed E-state index contributed by atoms with van der Waals surface area (Å²) in [4.78, 5) is 31.2. The van der Waals surface area contributed by atoms with E-state index in [1.165, 1.54) is 12.8 Å². The van der Waals surface area contributed by atoms with Gasteiger partial charge in [0.1, 0.15) is 11.6 Å². The third-order valence-electron chi connectivity index (χ3n) is 7.28. The predicted molar refractivity (Wildman–Crippen MR) is 135 cm³/mol. The van der Waals surface area contributed by atoms with Gasteiger partial charge in [-0.15, -0.1) is 0 Å². The molecule has 4 aromatic heterocycles. The largest absolute Gasteiger partial charge is 0.355 e. The molecular formula is C26H28N8O. The van der Waals surface area contributed by atoms with E-state index >= 15 is 0 Å². The van der Waals surface area contributed by atoms with Gasteiger partial charge >= 0.3 is 0 Å². The van der Waals surface area contributed by atoms with Crippen LogP contribution in [0.25, 0.3) is 22.0 Å². The summed E-state index contributed by atoms with van der Waals surface area (Å²) in [7, 11) is 4.06. The zero-order valence-corrected chi connectivity index (χ0v) is 20.0. The minimum absolute atomic E-state index is 0.198. The van der Waals surface area contributed by atoms with Gasteiger partial charge < -0.3 is 15.1 Å². The predicted octanol–water partition coefficient (Wildman–Crippen LogP) is 3.21. The summed E-state index contributed by atoms with van der Waals surface area (Å²) in [5.74, 6) is 1.16. The second-order valence-electron chi connectivity index (χ2n) is 9.91. The molecule has 2 saturated heterocycles. The standard InChI is InChI=1S/C26H28N8O/c1-32-7-4-26(5-8-32)16-34(17-26)24-11-18(3-6-27-24)25(35)31-23-10-19-9-22(21-14-30-33(2)15-21)28-12-20(19)13-29-23/h3,6,9-15H,4-5,7-8,16-17H2,1-2H3,(H,29,31,35). The Bertz CT molecular complexity index is 1400. The van der Waals surface area contributed by atoms with E-state index in [9.17, 15) is 4.79 Å². The van der Waals surface area contributed by atoms with Gasteiger partial charge in [0, 0.05) is 66.9 Å². The van der Waals surface area contributed by atoms with Crippen molar-refractivity contribution in [2.24, 2.45) is 12.5 Å². The first-order valence-corrected chi connectivity index (χ1v) is 11.9. The Kier molecular flexibility index (Phi) is 5.21. The number of nitrogens with one attached hydrogen (secondary N) is 1. The van der Waals surface area contributed by atoms with E-state index in [1.807, 2.05) is 31.4 Å². The number of hydrogen-bond acceptors (Lipinski definition) is 7. The number of anilines is 2. The lowest BCUT2D eigenvalue weighted by atomic mass is 9.72. The molecule has 4 aromatic rings. The number of nitrogens with zero attached hydrogens (tertiary/aromatic N) is 7. The molecule has 9 nitrogen and oxygen atoms in total. The molecule has 2 fully saturated rings. The fourth-order valence-electron chi connectivity index (χ4n) is 5.07. The second-order valence-corrected chi connectivity index (χ2v) is 9.91. The Balaban J connectivity index is 1.17. The fourth-order valence-corrected chi connectivity index (χ4v) is 5.07. The monoisotopic (exact) mass is 468 g/mol. The van der Waals surface area contributed by atoms with E-state index in [0.29, 0.717) is 16.8 Å². The number of aromatic nitrogens is 5. The van der Waals surface area contributed by atoms with Crippen LogP contribution in [0.2, 0.25) is 0 Å². The minimum Gasteiger partial charge on any atom is -0.355 e. The average molecular weight is 469 g/mol. The molecule has 0 atom stereocenters. The van der Waals surface area contributed by atoms with Crippen molar-refractivity contribution in [1.29, 1.82) is 0 Å². The van der Waals surface area contributed by atoms with Crippen LogP contribution < -0.4 is 10.2 Å². The maximum Gasteiger partial charge on any atom is 0.257 e. The van der Waals surface area contributed by atoms with Crippen LogP contribution >= 0.6 is 0 Å². The lowest BCUT2D eigenvalue weighted by Gasteiger charge is -2.54. The number of piperidine rings is 1. The summed E-state index contributed by atoms with van der Waals surface area (Å²) < 4.78 is 1.75. The van der Waals surface area contributed by atoms with Gasteiger partial charge in [0.2, 0.25) is 0 Å². The van der Waals surface area contributed by atoms with Crippen LogP contribution in [0.1, 0.15) is 23.2 Å². The zero-order chi connectivity index (χ0) is 24.0. The lowest BCUT2D eigenvalue weighted by molar-refractivity contribution is 0.0900. The highest BCUT2D eigenvalue weighted by molar-refractivity contribution is 6.05. The van der Waals surface area contributed by atoms with E-state index < -0.39 is 0 Å². The van der Waals surface area contributed by atoms with Crippen molar-refractivity contribution < 1.29 is 4.79 Å². The van der Waals surface area contributed by atoms with Gasteiger partial charge in [-0.3, -0.25) is 14.5 Å². The Labute approximate surface area is 203 Å². The van der Waals surface area contributed by atoms with E-state index in [1.54, 1.807) is 35.5 Å². The molecule has 0 aromatic carbocycles. The summed E-state index contributed by atoms with van der Waals surface area (Å²) in [5.41, 5.74) is 2.75. The topological polar surface area (TPSA) is 92.1 Å². The Hall–Kier alpha value is -3.85. The summed E-state index contributed by atoms with van der Waals surface area (Å²) in [5, 5.41) is 9.01. The van der Waals surface area contributed by atoms with Crippen molar-refractivity contribution in [2.75, 3.05) is 43.4 Å². The van der Waals surface area contributed by atoms with Crippen molar-refractivity contribution in [2.45, 2.75) is 12.8 Å². The van der Waals surface area contributed by atoms with Crippen LogP contribution in [0.4, 0.5) is 11.6 Å². The third-order valence-corrected chi connectivity index (χ3v) is 7.28. The summed E-state index contributed by atoms with van der Waals surface area (Å²) in [6, 6.07) is 7.48. The molecule has 6 rings (SSSR count). The molecule has 0 unspecified atom stereocenters. The molecule has 1 amide bonds. The van der Waals surface area contributed by atoms with Gasteiger partial charge in [-0.25, -0.2) is 9.97 Å². The van der Waals surface area contributed by atoms with Gasteiger partial charge in [-0.05, 0) is 62.6 Å². The molecule has 2 aliphatic heterocycles. The van der Waals surface area contributed by atoms with Gasteiger partial charge in [0.05, 0.1) is 11.9 Å². The Morgan fingerprint density at radius 1 is 0.971 bits per heavy atom. The third kappa shape index (κ3) is 4.23. The van der Waals surface area contributed by atoms with Gasteiger partial charge in [0.15, 0.2) is 0 Å². The maximum absolute atomic E-state index is 13.0. The summed E-state index contributed by atoms with van der Waals surface area (Å²) >= 11 is 0. The lowest BCUT2D eigenvalue weighted by Crippen LogP contribution is -2.60. The molecule has 0 saturated carbocycles. The maximum atomic E-state index is 13.0. The molecule has 0 bridgehead atoms. The number of rotatable bonds is 4. The van der Waals surface area contributed by atoms with Gasteiger partial charge in [0.25, 0.3) is 5.91 Å². The van der Waals surface area contributed by atoms with Crippen molar-refractivity contribution in [3.63, 3.8) is 0 Å². The van der Waals surface area contributed by atoms with Crippen LogP contribution in [0, 0.1) is 5.41 Å². The highest BCUT2D eigenvalue weighted by atomic mass is 16.1. The number of hydrogen-bond donors (Lipinski definition) is 1. The van der Waals surface area contributed by atoms with Crippen LogP contribution in [0.3, 0.4) is 0 Å². The Morgan fingerprint density at radius 2 is 1.77 bits per heavy atom. The smallest absolute Gasteiger partial charge is 0.257 e. The number of likely N-dealkylation sites (tertiary alicyclic amines) is 1. The number of carbonyl (C=O) groups excluding carboxylic acids is 1. The molecule has 1 N–H and O–H groups in total. The normalized spacial score (nSPS) is 17.5. The average Bonchev–Trinajstić information content (AvgIpc) is 3.29. The first kappa shape index (κ1) is 21.7. The second kappa shape index (κ2) is 8.42. The zero-order valence-electron chi connectivity index (χ0n) is 20.0. The SMILES string of the molecule is CN1CCC2(CC1)CN(c1cc(C(=O)Nc3cc4cc(-c5cnn(C)c5)ncc4cn3)ccn1)C2. The molecule has 6 heterocycles. The van der Waals surface area contributed by atoms with E-state index in [4.69, 9.17) is 0 Å². The molecule has 35 heavy (non-hydrogen) atoms. The number of fused-ring (bicyclic) bond motifs is 1. The number of carbonyl (C=O) groups is 1. The Morgan fingerprint density at radius 3 is 2.54 bits per heavy atom. The van der Waals surface area contributed by atoms with Crippen LogP contribution in [-0.4, -0.2) is 68.8 Å². The molecule has 0 aliphatic carbocycles. The van der Waals surface area contributed by atoms with E-state index in [0.717, 1.165) is 54.0 Å². The van der Waals surface area contributed by atoms with Crippen molar-refractivity contribution in [1.82, 2.24) is 29.6 Å². The number of pyridine rings is 3. The van der Waals surface area contributed by atoms with Gasteiger partial charge in [-0.1, -0.05) is 0 Å². The van der Waals surface area contributed by atoms with E-state index in [2.05, 4.69) is 42.2 Å².